The van der Waals surface area contributed by atoms with Gasteiger partial charge in [-0.05, 0) is 12.3 Å². The molecule has 10 heteroatoms. The first-order chi connectivity index (χ1) is 14.8. The number of esters is 3. The summed E-state index contributed by atoms with van der Waals surface area (Å²) in [6, 6.07) is -0.820. The summed E-state index contributed by atoms with van der Waals surface area (Å²) in [7, 11) is 0. The van der Waals surface area contributed by atoms with Crippen LogP contribution in [0.2, 0.25) is 0 Å². The Hall–Kier alpha value is -2.75. The van der Waals surface area contributed by atoms with Gasteiger partial charge in [-0.1, -0.05) is 13.8 Å². The molecule has 4 atom stereocenters. The highest BCUT2D eigenvalue weighted by Gasteiger charge is 2.46. The quantitative estimate of drug-likeness (QED) is 0.363. The summed E-state index contributed by atoms with van der Waals surface area (Å²) >= 11 is 0. The van der Waals surface area contributed by atoms with Crippen LogP contribution >= 0.6 is 0 Å². The van der Waals surface area contributed by atoms with Crippen molar-refractivity contribution >= 4 is 29.4 Å². The summed E-state index contributed by atoms with van der Waals surface area (Å²) in [5.41, 5.74) is 0.0505. The van der Waals surface area contributed by atoms with Crippen molar-refractivity contribution in [2.24, 2.45) is 10.4 Å². The molecule has 32 heavy (non-hydrogen) atoms. The first-order valence-electron chi connectivity index (χ1n) is 10.4. The number of aliphatic hydroxyl groups is 1. The van der Waals surface area contributed by atoms with Crippen molar-refractivity contribution in [2.75, 3.05) is 13.2 Å². The van der Waals surface area contributed by atoms with Crippen molar-refractivity contribution in [1.82, 2.24) is 0 Å². The molecule has 0 aromatic heterocycles. The molecule has 2 rings (SSSR count). The Labute approximate surface area is 186 Å². The van der Waals surface area contributed by atoms with Crippen LogP contribution in [-0.2, 0) is 38.1 Å². The average molecular weight is 453 g/mol. The van der Waals surface area contributed by atoms with Crippen LogP contribution in [0.1, 0.15) is 54.4 Å². The van der Waals surface area contributed by atoms with Crippen LogP contribution in [0.25, 0.3) is 0 Å². The number of carbonyl (C=O) groups excluding carboxylic acids is 4. The second-order valence-electron chi connectivity index (χ2n) is 8.87. The molecule has 0 aromatic rings. The lowest BCUT2D eigenvalue weighted by molar-refractivity contribution is -0.204. The SMILES string of the molecule is CC(=O)OC[C@H]1OC[C@@H](N=C(C)C2=C(O)CC(C)(C)CC2=O)[C@@H](OC(C)=O)[C@@H]1OC(C)=O. The van der Waals surface area contributed by atoms with E-state index in [1.807, 2.05) is 13.8 Å². The standard InChI is InChI=1S/C22H31NO9/c1-11(19-16(27)7-22(5,6)8-17(19)28)23-15-9-30-18(10-29-12(2)24)21(32-14(4)26)20(15)31-13(3)25/h15,18,20-21,27H,7-10H2,1-6H3/t15-,18-,20-,21-/m1/s1. The average Bonchev–Trinajstić information content (AvgIpc) is 2.60. The number of Topliss-reactive ketones (excluding diaryl/α,β-unsaturated/α-hetero) is 1. The van der Waals surface area contributed by atoms with Crippen molar-refractivity contribution in [2.45, 2.75) is 78.7 Å². The number of aliphatic imine (C=N–C) groups is 1. The van der Waals surface area contributed by atoms with Gasteiger partial charge in [0.1, 0.15) is 24.5 Å². The predicted octanol–water partition coefficient (Wildman–Crippen LogP) is 1.84. The Morgan fingerprint density at radius 1 is 1.03 bits per heavy atom. The largest absolute Gasteiger partial charge is 0.511 e. The number of hydrogen-bond donors (Lipinski definition) is 1. The topological polar surface area (TPSA) is 138 Å². The highest BCUT2D eigenvalue weighted by atomic mass is 16.6. The van der Waals surface area contributed by atoms with Gasteiger partial charge in [0.15, 0.2) is 18.0 Å². The first-order valence-corrected chi connectivity index (χ1v) is 10.4. The molecule has 1 heterocycles. The van der Waals surface area contributed by atoms with Gasteiger partial charge in [-0.15, -0.1) is 0 Å². The Bertz CT molecular complexity index is 842. The van der Waals surface area contributed by atoms with Gasteiger partial charge in [0.2, 0.25) is 0 Å². The molecule has 1 saturated heterocycles. The van der Waals surface area contributed by atoms with Gasteiger partial charge < -0.3 is 24.1 Å². The Morgan fingerprint density at radius 2 is 1.62 bits per heavy atom. The van der Waals surface area contributed by atoms with Crippen LogP contribution in [0.3, 0.4) is 0 Å². The molecule has 2 aliphatic rings. The van der Waals surface area contributed by atoms with Gasteiger partial charge >= 0.3 is 17.9 Å². The second kappa shape index (κ2) is 10.2. The molecule has 178 valence electrons. The molecule has 0 spiro atoms. The molecule has 10 nitrogen and oxygen atoms in total. The summed E-state index contributed by atoms with van der Waals surface area (Å²) in [4.78, 5) is 51.8. The van der Waals surface area contributed by atoms with E-state index in [4.69, 9.17) is 18.9 Å². The zero-order valence-corrected chi connectivity index (χ0v) is 19.3. The van der Waals surface area contributed by atoms with Crippen LogP contribution in [0.5, 0.6) is 0 Å². The molecule has 0 aromatic carbocycles. The van der Waals surface area contributed by atoms with Gasteiger partial charge in [0.25, 0.3) is 0 Å². The molecule has 1 aliphatic heterocycles. The van der Waals surface area contributed by atoms with Crippen LogP contribution < -0.4 is 0 Å². The Balaban J connectivity index is 2.38. The zero-order chi connectivity index (χ0) is 24.2. The third-order valence-corrected chi connectivity index (χ3v) is 5.18. The van der Waals surface area contributed by atoms with Gasteiger partial charge in [0.05, 0.1) is 12.2 Å². The maximum Gasteiger partial charge on any atom is 0.303 e. The van der Waals surface area contributed by atoms with Gasteiger partial charge in [0, 0.05) is 39.3 Å². The zero-order valence-electron chi connectivity index (χ0n) is 19.3. The maximum absolute atomic E-state index is 12.6. The molecule has 0 bridgehead atoms. The molecular formula is C22H31NO9. The van der Waals surface area contributed by atoms with Crippen molar-refractivity contribution in [3.8, 4) is 0 Å². The van der Waals surface area contributed by atoms with E-state index < -0.39 is 42.3 Å². The third kappa shape index (κ3) is 6.62. The number of ketones is 1. The number of carbonyl (C=O) groups is 4. The summed E-state index contributed by atoms with van der Waals surface area (Å²) < 4.78 is 21.5. The molecule has 0 radical (unpaired) electrons. The van der Waals surface area contributed by atoms with E-state index in [2.05, 4.69) is 4.99 Å². The van der Waals surface area contributed by atoms with E-state index in [0.717, 1.165) is 0 Å². The monoisotopic (exact) mass is 453 g/mol. The van der Waals surface area contributed by atoms with E-state index in [9.17, 15) is 24.3 Å². The number of allylic oxidation sites excluding steroid dienone is 2. The van der Waals surface area contributed by atoms with Gasteiger partial charge in [-0.3, -0.25) is 24.2 Å². The minimum Gasteiger partial charge on any atom is -0.511 e. The molecule has 0 amide bonds. The second-order valence-corrected chi connectivity index (χ2v) is 8.87. The van der Waals surface area contributed by atoms with Crippen LogP contribution in [-0.4, -0.2) is 72.1 Å². The van der Waals surface area contributed by atoms with E-state index in [1.165, 1.54) is 20.8 Å². The minimum absolute atomic E-state index is 0.0439. The number of rotatable bonds is 6. The molecule has 1 aliphatic carbocycles. The third-order valence-electron chi connectivity index (χ3n) is 5.18. The first kappa shape index (κ1) is 25.5. The van der Waals surface area contributed by atoms with Crippen LogP contribution in [0.4, 0.5) is 0 Å². The van der Waals surface area contributed by atoms with Crippen molar-refractivity contribution < 1.29 is 43.2 Å². The van der Waals surface area contributed by atoms with Crippen molar-refractivity contribution in [1.29, 1.82) is 0 Å². The maximum atomic E-state index is 12.6. The highest BCUT2D eigenvalue weighted by Crippen LogP contribution is 2.36. The van der Waals surface area contributed by atoms with Gasteiger partial charge in [-0.25, -0.2) is 0 Å². The normalized spacial score (nSPS) is 28.2. The highest BCUT2D eigenvalue weighted by molar-refractivity contribution is 6.22. The smallest absolute Gasteiger partial charge is 0.303 e. The van der Waals surface area contributed by atoms with E-state index in [0.29, 0.717) is 6.42 Å². The minimum atomic E-state index is -1.09. The molecule has 1 N–H and O–H groups in total. The number of aliphatic hydroxyl groups excluding tert-OH is 1. The lowest BCUT2D eigenvalue weighted by Gasteiger charge is -2.39. The van der Waals surface area contributed by atoms with Gasteiger partial charge in [-0.2, -0.15) is 0 Å². The Morgan fingerprint density at radius 3 is 2.16 bits per heavy atom. The number of ether oxygens (including phenoxy) is 4. The number of hydrogen-bond acceptors (Lipinski definition) is 10. The van der Waals surface area contributed by atoms with E-state index in [-0.39, 0.29) is 47.9 Å². The lowest BCUT2D eigenvalue weighted by Crippen LogP contribution is -2.57. The fourth-order valence-corrected chi connectivity index (χ4v) is 3.98. The van der Waals surface area contributed by atoms with Crippen molar-refractivity contribution in [3.05, 3.63) is 11.3 Å². The molecule has 0 unspecified atom stereocenters. The fourth-order valence-electron chi connectivity index (χ4n) is 3.98. The summed E-state index contributed by atoms with van der Waals surface area (Å²) in [5.74, 6) is -2.09. The van der Waals surface area contributed by atoms with E-state index in [1.54, 1.807) is 6.92 Å². The van der Waals surface area contributed by atoms with E-state index >= 15 is 0 Å². The summed E-state index contributed by atoms with van der Waals surface area (Å²) in [5, 5.41) is 10.5. The van der Waals surface area contributed by atoms with Crippen LogP contribution in [0, 0.1) is 5.41 Å². The number of nitrogens with zero attached hydrogens (tertiary/aromatic N) is 1. The fraction of sp³-hybridized carbons (Fsp3) is 0.682. The van der Waals surface area contributed by atoms with Crippen LogP contribution in [0.15, 0.2) is 16.3 Å². The lowest BCUT2D eigenvalue weighted by atomic mass is 9.75. The Kier molecular flexibility index (Phi) is 8.17. The van der Waals surface area contributed by atoms with Crippen molar-refractivity contribution in [3.63, 3.8) is 0 Å². The molecular weight excluding hydrogens is 422 g/mol. The summed E-state index contributed by atoms with van der Waals surface area (Å²) in [6.45, 7) is 8.73. The predicted molar refractivity (Wildman–Crippen MR) is 112 cm³/mol. The molecule has 0 saturated carbocycles. The molecule has 1 fully saturated rings. The summed E-state index contributed by atoms with van der Waals surface area (Å²) in [6.07, 6.45) is -2.42.